The molecule has 2 aliphatic rings. The van der Waals surface area contributed by atoms with Gasteiger partial charge in [0.15, 0.2) is 0 Å². The summed E-state index contributed by atoms with van der Waals surface area (Å²) in [6.45, 7) is 7.94. The van der Waals surface area contributed by atoms with Gasteiger partial charge in [-0.25, -0.2) is 4.79 Å². The molecule has 0 saturated heterocycles. The van der Waals surface area contributed by atoms with Crippen LogP contribution in [0.3, 0.4) is 0 Å². The normalized spacial score (nSPS) is 19.7. The summed E-state index contributed by atoms with van der Waals surface area (Å²) in [7, 11) is 0. The molecule has 0 bridgehead atoms. The van der Waals surface area contributed by atoms with Crippen LogP contribution < -0.4 is 0 Å². The molecular formula is C21H26O2. The van der Waals surface area contributed by atoms with Crippen LogP contribution in [-0.4, -0.2) is 12.1 Å². The highest BCUT2D eigenvalue weighted by atomic mass is 16.5. The summed E-state index contributed by atoms with van der Waals surface area (Å²) in [6.07, 6.45) is 11.4. The van der Waals surface area contributed by atoms with E-state index in [2.05, 4.69) is 24.8 Å². The van der Waals surface area contributed by atoms with E-state index < -0.39 is 0 Å². The number of benzene rings is 1. The molecular weight excluding hydrogens is 284 g/mol. The van der Waals surface area contributed by atoms with Crippen molar-refractivity contribution in [2.45, 2.75) is 52.1 Å². The minimum atomic E-state index is -0.227. The Morgan fingerprint density at radius 3 is 2.48 bits per heavy atom. The SMILES string of the molecule is C=C1CC[C@H](OC(=O)c2ccc(C3=CCCC=C3)cc2)C1.CC. The molecule has 0 aromatic heterocycles. The second kappa shape index (κ2) is 8.52. The fourth-order valence-electron chi connectivity index (χ4n) is 2.84. The van der Waals surface area contributed by atoms with Crippen molar-refractivity contribution >= 4 is 11.5 Å². The van der Waals surface area contributed by atoms with E-state index in [0.717, 1.165) is 37.7 Å². The van der Waals surface area contributed by atoms with Crippen molar-refractivity contribution in [1.29, 1.82) is 0 Å². The Labute approximate surface area is 139 Å². The molecule has 0 N–H and O–H groups in total. The number of allylic oxidation sites excluding steroid dienone is 4. The van der Waals surface area contributed by atoms with Crippen molar-refractivity contribution in [2.75, 3.05) is 0 Å². The molecule has 1 fully saturated rings. The average molecular weight is 310 g/mol. The first-order valence-corrected chi connectivity index (χ1v) is 8.57. The van der Waals surface area contributed by atoms with Crippen LogP contribution in [0.15, 0.2) is 54.6 Å². The number of rotatable bonds is 3. The van der Waals surface area contributed by atoms with Gasteiger partial charge in [0, 0.05) is 6.42 Å². The van der Waals surface area contributed by atoms with Gasteiger partial charge in [0.2, 0.25) is 0 Å². The van der Waals surface area contributed by atoms with Crippen LogP contribution in [0.25, 0.3) is 5.57 Å². The van der Waals surface area contributed by atoms with Gasteiger partial charge in [-0.15, -0.1) is 0 Å². The van der Waals surface area contributed by atoms with Crippen LogP contribution in [-0.2, 0) is 4.74 Å². The van der Waals surface area contributed by atoms with Crippen molar-refractivity contribution in [2.24, 2.45) is 0 Å². The number of hydrogen-bond donors (Lipinski definition) is 0. The summed E-state index contributed by atoms with van der Waals surface area (Å²) in [5, 5.41) is 0. The second-order valence-electron chi connectivity index (χ2n) is 5.74. The lowest BCUT2D eigenvalue weighted by molar-refractivity contribution is 0.0324. The Morgan fingerprint density at radius 1 is 1.17 bits per heavy atom. The molecule has 2 nitrogen and oxygen atoms in total. The van der Waals surface area contributed by atoms with Gasteiger partial charge in [0.1, 0.15) is 6.10 Å². The van der Waals surface area contributed by atoms with E-state index in [1.165, 1.54) is 11.1 Å². The largest absolute Gasteiger partial charge is 0.458 e. The molecule has 1 aromatic rings. The van der Waals surface area contributed by atoms with Gasteiger partial charge in [-0.1, -0.05) is 56.4 Å². The summed E-state index contributed by atoms with van der Waals surface area (Å²) >= 11 is 0. The molecule has 122 valence electrons. The average Bonchev–Trinajstić information content (AvgIpc) is 3.02. The maximum absolute atomic E-state index is 12.1. The lowest BCUT2D eigenvalue weighted by atomic mass is 9.99. The zero-order valence-electron chi connectivity index (χ0n) is 14.2. The summed E-state index contributed by atoms with van der Waals surface area (Å²) in [5.41, 5.74) is 4.18. The first kappa shape index (κ1) is 17.3. The first-order valence-electron chi connectivity index (χ1n) is 8.57. The Bertz CT molecular complexity index is 605. The fourth-order valence-corrected chi connectivity index (χ4v) is 2.84. The topological polar surface area (TPSA) is 26.3 Å². The van der Waals surface area contributed by atoms with Gasteiger partial charge >= 0.3 is 5.97 Å². The van der Waals surface area contributed by atoms with Gasteiger partial charge in [-0.05, 0) is 49.0 Å². The second-order valence-corrected chi connectivity index (χ2v) is 5.74. The molecule has 1 aromatic carbocycles. The summed E-state index contributed by atoms with van der Waals surface area (Å²) in [4.78, 5) is 12.1. The van der Waals surface area contributed by atoms with Crippen molar-refractivity contribution in [3.05, 3.63) is 65.8 Å². The van der Waals surface area contributed by atoms with Gasteiger partial charge in [0.25, 0.3) is 0 Å². The van der Waals surface area contributed by atoms with E-state index in [9.17, 15) is 4.79 Å². The maximum Gasteiger partial charge on any atom is 0.338 e. The number of hydrogen-bond acceptors (Lipinski definition) is 2. The molecule has 1 atom stereocenters. The predicted molar refractivity (Wildman–Crippen MR) is 96.3 cm³/mol. The third kappa shape index (κ3) is 4.69. The van der Waals surface area contributed by atoms with E-state index in [0.29, 0.717) is 5.56 Å². The van der Waals surface area contributed by atoms with Crippen molar-refractivity contribution in [3.63, 3.8) is 0 Å². The van der Waals surface area contributed by atoms with Crippen LogP contribution >= 0.6 is 0 Å². The number of carbonyl (C=O) groups excluding carboxylic acids is 1. The van der Waals surface area contributed by atoms with Crippen LogP contribution in [0.2, 0.25) is 0 Å². The Balaban J connectivity index is 0.000000924. The lowest BCUT2D eigenvalue weighted by Gasteiger charge is -2.12. The monoisotopic (exact) mass is 310 g/mol. The third-order valence-corrected chi connectivity index (χ3v) is 4.06. The fraction of sp³-hybridized carbons (Fsp3) is 0.381. The van der Waals surface area contributed by atoms with Gasteiger partial charge in [-0.3, -0.25) is 0 Å². The van der Waals surface area contributed by atoms with Crippen LogP contribution in [0.1, 0.15) is 61.9 Å². The molecule has 2 heteroatoms. The molecule has 0 radical (unpaired) electrons. The van der Waals surface area contributed by atoms with E-state index in [1.54, 1.807) is 0 Å². The number of ether oxygens (including phenoxy) is 1. The molecule has 0 heterocycles. The highest BCUT2D eigenvalue weighted by molar-refractivity contribution is 5.90. The zero-order valence-corrected chi connectivity index (χ0v) is 14.2. The summed E-state index contributed by atoms with van der Waals surface area (Å²) in [5.74, 6) is -0.227. The van der Waals surface area contributed by atoms with E-state index in [4.69, 9.17) is 4.74 Å². The van der Waals surface area contributed by atoms with Gasteiger partial charge < -0.3 is 4.74 Å². The molecule has 23 heavy (non-hydrogen) atoms. The third-order valence-electron chi connectivity index (χ3n) is 4.06. The van der Waals surface area contributed by atoms with E-state index >= 15 is 0 Å². The van der Waals surface area contributed by atoms with E-state index in [-0.39, 0.29) is 12.1 Å². The quantitative estimate of drug-likeness (QED) is 0.528. The molecule has 2 aliphatic carbocycles. The molecule has 0 aliphatic heterocycles. The van der Waals surface area contributed by atoms with E-state index in [1.807, 2.05) is 38.1 Å². The maximum atomic E-state index is 12.1. The molecule has 3 rings (SSSR count). The smallest absolute Gasteiger partial charge is 0.338 e. The summed E-state index contributed by atoms with van der Waals surface area (Å²) < 4.78 is 5.52. The predicted octanol–water partition coefficient (Wildman–Crippen LogP) is 5.71. The Hall–Kier alpha value is -2.09. The Kier molecular flexibility index (Phi) is 6.40. The highest BCUT2D eigenvalue weighted by Gasteiger charge is 2.22. The minimum absolute atomic E-state index is 0.00802. The van der Waals surface area contributed by atoms with Crippen LogP contribution in [0, 0.1) is 0 Å². The standard InChI is InChI=1S/C19H20O2.C2H6/c1-14-7-12-18(13-14)21-19(20)17-10-8-16(9-11-17)15-5-3-2-4-6-15;1-2/h3,5-6,8-11,18H,1-2,4,7,12-13H2;1-2H3/t18-;/m0./s1. The molecule has 0 unspecified atom stereocenters. The molecule has 1 saturated carbocycles. The number of esters is 1. The van der Waals surface area contributed by atoms with Crippen LogP contribution in [0.5, 0.6) is 0 Å². The zero-order chi connectivity index (χ0) is 16.7. The van der Waals surface area contributed by atoms with Crippen molar-refractivity contribution in [1.82, 2.24) is 0 Å². The van der Waals surface area contributed by atoms with Crippen molar-refractivity contribution in [3.8, 4) is 0 Å². The van der Waals surface area contributed by atoms with Crippen molar-refractivity contribution < 1.29 is 9.53 Å². The molecule has 0 amide bonds. The summed E-state index contributed by atoms with van der Waals surface area (Å²) in [6, 6.07) is 7.69. The number of carbonyl (C=O) groups is 1. The lowest BCUT2D eigenvalue weighted by Crippen LogP contribution is -2.14. The first-order chi connectivity index (χ1) is 11.2. The highest BCUT2D eigenvalue weighted by Crippen LogP contribution is 2.27. The van der Waals surface area contributed by atoms with Gasteiger partial charge in [-0.2, -0.15) is 0 Å². The Morgan fingerprint density at radius 2 is 1.91 bits per heavy atom. The molecule has 0 spiro atoms. The van der Waals surface area contributed by atoms with Crippen LogP contribution in [0.4, 0.5) is 0 Å². The van der Waals surface area contributed by atoms with Gasteiger partial charge in [0.05, 0.1) is 5.56 Å². The minimum Gasteiger partial charge on any atom is -0.458 e.